The minimum atomic E-state index is 0.157. The highest BCUT2D eigenvalue weighted by atomic mass is 35.5. The van der Waals surface area contributed by atoms with Crippen molar-refractivity contribution >= 4 is 23.5 Å². The Hall–Kier alpha value is -1.96. The topological polar surface area (TPSA) is 93.4 Å². The monoisotopic (exact) mass is 282 g/mol. The number of hydrogen-bond donors (Lipinski definition) is 2. The maximum absolute atomic E-state index is 5.81. The summed E-state index contributed by atoms with van der Waals surface area (Å²) in [4.78, 5) is 16.3. The third-order valence-corrected chi connectivity index (χ3v) is 2.39. The van der Waals surface area contributed by atoms with Gasteiger partial charge in [0.2, 0.25) is 17.2 Å². The Kier molecular flexibility index (Phi) is 4.45. The summed E-state index contributed by atoms with van der Waals surface area (Å²) in [5.74, 6) is 1.66. The maximum atomic E-state index is 5.81. The zero-order chi connectivity index (χ0) is 13.7. The van der Waals surface area contributed by atoms with Crippen molar-refractivity contribution in [1.29, 1.82) is 0 Å². The van der Waals surface area contributed by atoms with E-state index in [9.17, 15) is 0 Å². The molecule has 0 amide bonds. The molecule has 2 N–H and O–H groups in total. The summed E-state index contributed by atoms with van der Waals surface area (Å²) < 4.78 is 1.67. The van der Waals surface area contributed by atoms with E-state index in [1.165, 1.54) is 0 Å². The number of anilines is 2. The van der Waals surface area contributed by atoms with Gasteiger partial charge in [-0.3, -0.25) is 4.68 Å². The molecule has 0 saturated carbocycles. The molecule has 0 unspecified atom stereocenters. The van der Waals surface area contributed by atoms with E-state index in [0.29, 0.717) is 24.9 Å². The smallest absolute Gasteiger partial charge is 0.228 e. The fourth-order valence-corrected chi connectivity index (χ4v) is 1.61. The summed E-state index contributed by atoms with van der Waals surface area (Å²) in [5, 5.41) is 10.4. The first-order valence-electron chi connectivity index (χ1n) is 5.91. The van der Waals surface area contributed by atoms with Crippen molar-refractivity contribution in [2.75, 3.05) is 23.7 Å². The summed E-state index contributed by atoms with van der Waals surface area (Å²) in [6, 6.07) is 0. The number of nitrogens with zero attached hydrogens (tertiary/aromatic N) is 6. The average molecular weight is 283 g/mol. The van der Waals surface area contributed by atoms with Crippen LogP contribution in [-0.4, -0.2) is 42.8 Å². The van der Waals surface area contributed by atoms with Gasteiger partial charge in [-0.2, -0.15) is 20.1 Å². The standard InChI is InChI=1S/C10H15ClN8/c1-3-12-9-15-8(11)16-10(17-9)13-5-4-7-14-6-19(2)18-7/h6H,3-5H2,1-2H3,(H2,12,13,15,16,17). The number of nitrogens with one attached hydrogen (secondary N) is 2. The van der Waals surface area contributed by atoms with Crippen LogP contribution in [0.15, 0.2) is 6.33 Å². The van der Waals surface area contributed by atoms with E-state index < -0.39 is 0 Å². The third kappa shape index (κ3) is 4.02. The molecule has 0 aliphatic heterocycles. The van der Waals surface area contributed by atoms with Gasteiger partial charge >= 0.3 is 0 Å². The van der Waals surface area contributed by atoms with Crippen LogP contribution in [0, 0.1) is 0 Å². The third-order valence-electron chi connectivity index (χ3n) is 2.22. The summed E-state index contributed by atoms with van der Waals surface area (Å²) in [6.07, 6.45) is 2.35. The van der Waals surface area contributed by atoms with E-state index in [4.69, 9.17) is 11.6 Å². The van der Waals surface area contributed by atoms with Crippen molar-refractivity contribution in [3.8, 4) is 0 Å². The van der Waals surface area contributed by atoms with Crippen LogP contribution in [-0.2, 0) is 13.5 Å². The molecule has 2 heterocycles. The van der Waals surface area contributed by atoms with E-state index in [0.717, 1.165) is 12.4 Å². The molecule has 0 aliphatic carbocycles. The quantitative estimate of drug-likeness (QED) is 0.807. The highest BCUT2D eigenvalue weighted by Gasteiger charge is 2.04. The molecule has 2 aromatic heterocycles. The normalized spacial score (nSPS) is 10.5. The van der Waals surface area contributed by atoms with E-state index >= 15 is 0 Å². The van der Waals surface area contributed by atoms with Gasteiger partial charge in [0.25, 0.3) is 0 Å². The molecule has 0 spiro atoms. The fraction of sp³-hybridized carbons (Fsp3) is 0.500. The predicted octanol–water partition coefficient (Wildman–Crippen LogP) is 0.740. The molecule has 2 aromatic rings. The Bertz CT molecular complexity index is 540. The average Bonchev–Trinajstić information content (AvgIpc) is 2.75. The van der Waals surface area contributed by atoms with Crippen molar-refractivity contribution < 1.29 is 0 Å². The number of rotatable bonds is 6. The molecule has 9 heteroatoms. The summed E-state index contributed by atoms with van der Waals surface area (Å²) in [5.41, 5.74) is 0. The second kappa shape index (κ2) is 6.28. The SMILES string of the molecule is CCNc1nc(Cl)nc(NCCc2ncn(C)n2)n1. The zero-order valence-corrected chi connectivity index (χ0v) is 11.5. The lowest BCUT2D eigenvalue weighted by Gasteiger charge is -2.06. The van der Waals surface area contributed by atoms with Gasteiger partial charge in [-0.15, -0.1) is 0 Å². The Balaban J connectivity index is 1.91. The van der Waals surface area contributed by atoms with Crippen LogP contribution in [0.3, 0.4) is 0 Å². The molecule has 0 bridgehead atoms. The first-order valence-corrected chi connectivity index (χ1v) is 6.29. The number of hydrogen-bond acceptors (Lipinski definition) is 7. The lowest BCUT2D eigenvalue weighted by atomic mass is 10.4. The molecule has 8 nitrogen and oxygen atoms in total. The highest BCUT2D eigenvalue weighted by Crippen LogP contribution is 2.09. The van der Waals surface area contributed by atoms with Gasteiger partial charge in [-0.05, 0) is 18.5 Å². The molecule has 0 fully saturated rings. The second-order valence-corrected chi connectivity index (χ2v) is 4.13. The molecule has 0 saturated heterocycles. The number of halogens is 1. The molecule has 0 atom stereocenters. The minimum absolute atomic E-state index is 0.157. The minimum Gasteiger partial charge on any atom is -0.354 e. The largest absolute Gasteiger partial charge is 0.354 e. The van der Waals surface area contributed by atoms with Gasteiger partial charge in [0.1, 0.15) is 6.33 Å². The van der Waals surface area contributed by atoms with Crippen LogP contribution in [0.25, 0.3) is 0 Å². The predicted molar refractivity (Wildman–Crippen MR) is 72.2 cm³/mol. The molecule has 0 aliphatic rings. The van der Waals surface area contributed by atoms with Gasteiger partial charge in [0, 0.05) is 26.6 Å². The summed E-state index contributed by atoms with van der Waals surface area (Å²) in [7, 11) is 1.83. The van der Waals surface area contributed by atoms with E-state index in [1.807, 2.05) is 14.0 Å². The van der Waals surface area contributed by atoms with Crippen LogP contribution in [0.4, 0.5) is 11.9 Å². The van der Waals surface area contributed by atoms with Gasteiger partial charge in [0.15, 0.2) is 5.82 Å². The van der Waals surface area contributed by atoms with Gasteiger partial charge in [-0.1, -0.05) is 0 Å². The maximum Gasteiger partial charge on any atom is 0.228 e. The van der Waals surface area contributed by atoms with Crippen molar-refractivity contribution in [3.05, 3.63) is 17.4 Å². The van der Waals surface area contributed by atoms with Crippen LogP contribution >= 0.6 is 11.6 Å². The molecular weight excluding hydrogens is 268 g/mol. The first kappa shape index (κ1) is 13.5. The van der Waals surface area contributed by atoms with Crippen LogP contribution in [0.5, 0.6) is 0 Å². The zero-order valence-electron chi connectivity index (χ0n) is 10.8. The summed E-state index contributed by atoms with van der Waals surface area (Å²) in [6.45, 7) is 3.30. The molecule has 0 aromatic carbocycles. The molecule has 2 rings (SSSR count). The fourth-order valence-electron chi connectivity index (χ4n) is 1.45. The second-order valence-electron chi connectivity index (χ2n) is 3.79. The number of aromatic nitrogens is 6. The van der Waals surface area contributed by atoms with E-state index in [2.05, 4.69) is 35.7 Å². The van der Waals surface area contributed by atoms with E-state index in [1.54, 1.807) is 11.0 Å². The number of aryl methyl sites for hydroxylation is 1. The Labute approximate surface area is 115 Å². The lowest BCUT2D eigenvalue weighted by molar-refractivity contribution is 0.741. The molecule has 0 radical (unpaired) electrons. The molecular formula is C10H15ClN8. The Morgan fingerprint density at radius 1 is 1.21 bits per heavy atom. The lowest BCUT2D eigenvalue weighted by Crippen LogP contribution is -2.12. The van der Waals surface area contributed by atoms with Gasteiger partial charge < -0.3 is 10.6 Å². The summed E-state index contributed by atoms with van der Waals surface area (Å²) >= 11 is 5.81. The van der Waals surface area contributed by atoms with Crippen molar-refractivity contribution in [1.82, 2.24) is 29.7 Å². The Morgan fingerprint density at radius 2 is 1.95 bits per heavy atom. The highest BCUT2D eigenvalue weighted by molar-refractivity contribution is 6.28. The molecule has 19 heavy (non-hydrogen) atoms. The molecule has 102 valence electrons. The van der Waals surface area contributed by atoms with E-state index in [-0.39, 0.29) is 5.28 Å². The van der Waals surface area contributed by atoms with Crippen molar-refractivity contribution in [3.63, 3.8) is 0 Å². The van der Waals surface area contributed by atoms with Crippen molar-refractivity contribution in [2.24, 2.45) is 7.05 Å². The van der Waals surface area contributed by atoms with Crippen LogP contribution in [0.1, 0.15) is 12.7 Å². The van der Waals surface area contributed by atoms with Gasteiger partial charge in [0.05, 0.1) is 0 Å². The van der Waals surface area contributed by atoms with Gasteiger partial charge in [-0.25, -0.2) is 4.98 Å². The van der Waals surface area contributed by atoms with Crippen LogP contribution in [0.2, 0.25) is 5.28 Å². The Morgan fingerprint density at radius 3 is 2.58 bits per heavy atom. The van der Waals surface area contributed by atoms with Crippen molar-refractivity contribution in [2.45, 2.75) is 13.3 Å². The van der Waals surface area contributed by atoms with Crippen LogP contribution < -0.4 is 10.6 Å². The first-order chi connectivity index (χ1) is 9.17.